The monoisotopic (exact) mass is 400 g/mol. The third-order valence-electron chi connectivity index (χ3n) is 4.43. The Balaban J connectivity index is 1.77. The van der Waals surface area contributed by atoms with Crippen LogP contribution in [0.1, 0.15) is 18.1 Å². The molecule has 0 fully saturated rings. The lowest BCUT2D eigenvalue weighted by atomic mass is 10.1. The van der Waals surface area contributed by atoms with Gasteiger partial charge in [0.05, 0.1) is 5.39 Å². The minimum Gasteiger partial charge on any atom is -0.508 e. The Morgan fingerprint density at radius 1 is 1.22 bits per heavy atom. The highest BCUT2D eigenvalue weighted by Gasteiger charge is 2.13. The Labute approximate surface area is 162 Å². The minimum atomic E-state index is -0.475. The number of aromatic nitrogens is 2. The van der Waals surface area contributed by atoms with Gasteiger partial charge < -0.3 is 9.52 Å². The van der Waals surface area contributed by atoms with Crippen LogP contribution in [-0.4, -0.2) is 14.7 Å². The van der Waals surface area contributed by atoms with E-state index in [2.05, 4.69) is 4.98 Å². The highest BCUT2D eigenvalue weighted by molar-refractivity contribution is 7.98. The molecule has 0 unspecified atom stereocenters. The Morgan fingerprint density at radius 3 is 2.81 bits per heavy atom. The maximum atomic E-state index is 12.4. The van der Waals surface area contributed by atoms with Crippen LogP contribution in [0.2, 0.25) is 0 Å². The van der Waals surface area contributed by atoms with Crippen LogP contribution >= 0.6 is 23.1 Å². The summed E-state index contributed by atoms with van der Waals surface area (Å²) in [5.74, 6) is 0.567. The number of thiophene rings is 1. The fourth-order valence-electron chi connectivity index (χ4n) is 2.96. The average molecular weight is 400 g/mol. The van der Waals surface area contributed by atoms with Gasteiger partial charge >= 0.3 is 5.63 Å². The first-order valence-corrected chi connectivity index (χ1v) is 10.2. The van der Waals surface area contributed by atoms with Crippen LogP contribution in [0.4, 0.5) is 0 Å². The van der Waals surface area contributed by atoms with Crippen molar-refractivity contribution in [2.75, 3.05) is 0 Å². The normalized spacial score (nSPS) is 11.5. The summed E-state index contributed by atoms with van der Waals surface area (Å²) in [6.45, 7) is 1.95. The second kappa shape index (κ2) is 6.86. The van der Waals surface area contributed by atoms with Gasteiger partial charge in [0, 0.05) is 30.3 Å². The van der Waals surface area contributed by atoms with Gasteiger partial charge in [0.2, 0.25) is 0 Å². The van der Waals surface area contributed by atoms with Crippen LogP contribution in [0.15, 0.2) is 48.8 Å². The summed E-state index contributed by atoms with van der Waals surface area (Å²) in [5.41, 5.74) is 1.36. The summed E-state index contributed by atoms with van der Waals surface area (Å²) in [4.78, 5) is 29.6. The molecule has 0 bridgehead atoms. The zero-order valence-corrected chi connectivity index (χ0v) is 16.3. The molecule has 1 aromatic carbocycles. The maximum Gasteiger partial charge on any atom is 0.336 e. The summed E-state index contributed by atoms with van der Waals surface area (Å²) in [7, 11) is 1.69. The lowest BCUT2D eigenvalue weighted by molar-refractivity contribution is 0.466. The fourth-order valence-corrected chi connectivity index (χ4v) is 4.73. The summed E-state index contributed by atoms with van der Waals surface area (Å²) in [6.07, 6.45) is 0.665. The molecule has 27 heavy (non-hydrogen) atoms. The molecule has 0 aliphatic heterocycles. The molecule has 0 aliphatic carbocycles. The van der Waals surface area contributed by atoms with Gasteiger partial charge in [-0.05, 0) is 35.1 Å². The SMILES string of the molecule is CCc1cc2c(CSc3nc4sccc4c(=O)n3C)cc(=O)oc2cc1O. The highest BCUT2D eigenvalue weighted by Crippen LogP contribution is 2.30. The Hall–Kier alpha value is -2.58. The van der Waals surface area contributed by atoms with E-state index in [1.807, 2.05) is 18.4 Å². The fraction of sp³-hybridized carbons (Fsp3) is 0.211. The number of aryl methyl sites for hydroxylation is 1. The molecule has 3 heterocycles. The Kier molecular flexibility index (Phi) is 4.53. The largest absolute Gasteiger partial charge is 0.508 e. The standard InChI is InChI=1S/C19H16N2O4S2/c1-3-10-6-13-11(7-16(23)25-15(13)8-14(10)22)9-27-19-20-17-12(4-5-26-17)18(24)21(19)2/h4-8,22H,3,9H2,1-2H3. The topological polar surface area (TPSA) is 85.3 Å². The highest BCUT2D eigenvalue weighted by atomic mass is 32.2. The zero-order chi connectivity index (χ0) is 19.1. The number of aromatic hydroxyl groups is 1. The number of thioether (sulfide) groups is 1. The molecule has 8 heteroatoms. The number of hydrogen-bond acceptors (Lipinski definition) is 7. The first kappa shape index (κ1) is 17.8. The molecule has 0 saturated carbocycles. The molecule has 0 saturated heterocycles. The summed E-state index contributed by atoms with van der Waals surface area (Å²) in [5, 5.41) is 13.9. The zero-order valence-electron chi connectivity index (χ0n) is 14.7. The number of phenols is 1. The lowest BCUT2D eigenvalue weighted by Crippen LogP contribution is -2.19. The molecule has 4 aromatic rings. The van der Waals surface area contributed by atoms with Crippen molar-refractivity contribution in [2.45, 2.75) is 24.3 Å². The molecule has 3 aromatic heterocycles. The van der Waals surface area contributed by atoms with Crippen molar-refractivity contribution in [3.63, 3.8) is 0 Å². The average Bonchev–Trinajstić information content (AvgIpc) is 3.11. The van der Waals surface area contributed by atoms with Crippen LogP contribution < -0.4 is 11.2 Å². The summed E-state index contributed by atoms with van der Waals surface area (Å²) >= 11 is 2.82. The van der Waals surface area contributed by atoms with E-state index < -0.39 is 5.63 Å². The van der Waals surface area contributed by atoms with E-state index in [-0.39, 0.29) is 11.3 Å². The second-order valence-electron chi connectivity index (χ2n) is 6.11. The number of phenolic OH excluding ortho intramolecular Hbond substituents is 1. The van der Waals surface area contributed by atoms with Crippen LogP contribution in [0.3, 0.4) is 0 Å². The van der Waals surface area contributed by atoms with Crippen LogP contribution in [0, 0.1) is 0 Å². The predicted octanol–water partition coefficient (Wildman–Crippen LogP) is 3.66. The van der Waals surface area contributed by atoms with Gasteiger partial charge in [-0.3, -0.25) is 9.36 Å². The first-order valence-electron chi connectivity index (χ1n) is 8.33. The molecule has 6 nitrogen and oxygen atoms in total. The van der Waals surface area contributed by atoms with Gasteiger partial charge in [-0.2, -0.15) is 0 Å². The van der Waals surface area contributed by atoms with Gasteiger partial charge in [0.1, 0.15) is 16.2 Å². The van der Waals surface area contributed by atoms with Crippen molar-refractivity contribution in [3.05, 3.63) is 61.5 Å². The lowest BCUT2D eigenvalue weighted by Gasteiger charge is -2.10. The molecule has 0 radical (unpaired) electrons. The smallest absolute Gasteiger partial charge is 0.336 e. The Bertz CT molecular complexity index is 1290. The molecule has 4 rings (SSSR count). The van der Waals surface area contributed by atoms with Crippen molar-refractivity contribution < 1.29 is 9.52 Å². The predicted molar refractivity (Wildman–Crippen MR) is 108 cm³/mol. The van der Waals surface area contributed by atoms with E-state index in [1.54, 1.807) is 13.1 Å². The van der Waals surface area contributed by atoms with Crippen LogP contribution in [0.25, 0.3) is 21.2 Å². The van der Waals surface area contributed by atoms with E-state index in [1.165, 1.54) is 39.8 Å². The number of nitrogens with zero attached hydrogens (tertiary/aromatic N) is 2. The van der Waals surface area contributed by atoms with Gasteiger partial charge in [0.25, 0.3) is 5.56 Å². The third kappa shape index (κ3) is 3.15. The van der Waals surface area contributed by atoms with Crippen molar-refractivity contribution in [1.29, 1.82) is 0 Å². The molecule has 0 aliphatic rings. The molecule has 138 valence electrons. The molecular formula is C19H16N2O4S2. The van der Waals surface area contributed by atoms with E-state index in [0.717, 1.165) is 16.5 Å². The summed E-state index contributed by atoms with van der Waals surface area (Å²) in [6, 6.07) is 6.56. The van der Waals surface area contributed by atoms with E-state index in [0.29, 0.717) is 33.1 Å². The van der Waals surface area contributed by atoms with E-state index in [4.69, 9.17) is 4.42 Å². The third-order valence-corrected chi connectivity index (χ3v) is 6.32. The van der Waals surface area contributed by atoms with Gasteiger partial charge in [-0.15, -0.1) is 11.3 Å². The molecular weight excluding hydrogens is 384 g/mol. The summed E-state index contributed by atoms with van der Waals surface area (Å²) < 4.78 is 6.76. The van der Waals surface area contributed by atoms with Crippen molar-refractivity contribution in [3.8, 4) is 5.75 Å². The van der Waals surface area contributed by atoms with Crippen molar-refractivity contribution in [2.24, 2.45) is 7.05 Å². The number of fused-ring (bicyclic) bond motifs is 2. The number of benzene rings is 1. The van der Waals surface area contributed by atoms with Gasteiger partial charge in [-0.1, -0.05) is 18.7 Å². The van der Waals surface area contributed by atoms with Crippen LogP contribution in [-0.2, 0) is 19.2 Å². The number of rotatable bonds is 4. The molecule has 1 N–H and O–H groups in total. The minimum absolute atomic E-state index is 0.0839. The van der Waals surface area contributed by atoms with E-state index >= 15 is 0 Å². The number of hydrogen-bond donors (Lipinski definition) is 1. The Morgan fingerprint density at radius 2 is 2.04 bits per heavy atom. The van der Waals surface area contributed by atoms with Crippen LogP contribution in [0.5, 0.6) is 5.75 Å². The maximum absolute atomic E-state index is 12.4. The van der Waals surface area contributed by atoms with Crippen molar-refractivity contribution >= 4 is 44.3 Å². The second-order valence-corrected chi connectivity index (χ2v) is 7.95. The van der Waals surface area contributed by atoms with Gasteiger partial charge in [0.15, 0.2) is 5.16 Å². The first-order chi connectivity index (χ1) is 13.0. The molecule has 0 amide bonds. The molecule has 0 spiro atoms. The van der Waals surface area contributed by atoms with Crippen molar-refractivity contribution in [1.82, 2.24) is 9.55 Å². The van der Waals surface area contributed by atoms with Gasteiger partial charge in [-0.25, -0.2) is 9.78 Å². The van der Waals surface area contributed by atoms with E-state index in [9.17, 15) is 14.7 Å². The quantitative estimate of drug-likeness (QED) is 0.320. The molecule has 0 atom stereocenters.